The minimum absolute atomic E-state index is 0.366. The van der Waals surface area contributed by atoms with E-state index in [1.807, 2.05) is 17.8 Å². The molecule has 0 N–H and O–H groups in total. The van der Waals surface area contributed by atoms with E-state index in [9.17, 15) is 0 Å². The van der Waals surface area contributed by atoms with E-state index in [1.54, 1.807) is 20.4 Å². The SMILES string of the molecule is COC(OC)c1nccn1C. The van der Waals surface area contributed by atoms with Gasteiger partial charge in [0, 0.05) is 33.7 Å². The van der Waals surface area contributed by atoms with Gasteiger partial charge in [-0.05, 0) is 0 Å². The van der Waals surface area contributed by atoms with Gasteiger partial charge < -0.3 is 14.0 Å². The first-order chi connectivity index (χ1) is 5.29. The van der Waals surface area contributed by atoms with Crippen LogP contribution in [0.2, 0.25) is 0 Å². The molecule has 0 bridgehead atoms. The second-order valence-electron chi connectivity index (χ2n) is 2.20. The number of rotatable bonds is 3. The number of aromatic nitrogens is 2. The van der Waals surface area contributed by atoms with Gasteiger partial charge in [-0.1, -0.05) is 0 Å². The van der Waals surface area contributed by atoms with Crippen molar-refractivity contribution in [1.29, 1.82) is 0 Å². The lowest BCUT2D eigenvalue weighted by Gasteiger charge is -2.12. The highest BCUT2D eigenvalue weighted by molar-refractivity contribution is 4.92. The molecular weight excluding hydrogens is 144 g/mol. The Labute approximate surface area is 65.8 Å². The monoisotopic (exact) mass is 156 g/mol. The van der Waals surface area contributed by atoms with Crippen LogP contribution in [-0.2, 0) is 16.5 Å². The maximum atomic E-state index is 5.02. The molecule has 0 radical (unpaired) electrons. The quantitative estimate of drug-likeness (QED) is 0.605. The molecule has 0 saturated heterocycles. The molecular formula is C7H12N2O2. The zero-order valence-corrected chi connectivity index (χ0v) is 6.94. The number of imidazole rings is 1. The van der Waals surface area contributed by atoms with Crippen molar-refractivity contribution in [3.63, 3.8) is 0 Å². The second-order valence-corrected chi connectivity index (χ2v) is 2.20. The first kappa shape index (κ1) is 8.23. The van der Waals surface area contributed by atoms with Crippen molar-refractivity contribution >= 4 is 0 Å². The van der Waals surface area contributed by atoms with Gasteiger partial charge in [-0.3, -0.25) is 0 Å². The van der Waals surface area contributed by atoms with E-state index in [-0.39, 0.29) is 6.29 Å². The van der Waals surface area contributed by atoms with Gasteiger partial charge in [-0.25, -0.2) is 4.98 Å². The van der Waals surface area contributed by atoms with Crippen LogP contribution < -0.4 is 0 Å². The Morgan fingerprint density at radius 1 is 1.45 bits per heavy atom. The van der Waals surface area contributed by atoms with Gasteiger partial charge in [0.1, 0.15) is 0 Å². The molecule has 0 unspecified atom stereocenters. The Morgan fingerprint density at radius 2 is 2.09 bits per heavy atom. The van der Waals surface area contributed by atoms with Crippen molar-refractivity contribution in [2.75, 3.05) is 14.2 Å². The van der Waals surface area contributed by atoms with Crippen LogP contribution in [0.3, 0.4) is 0 Å². The predicted octanol–water partition coefficient (Wildman–Crippen LogP) is 0.711. The summed E-state index contributed by atoms with van der Waals surface area (Å²) >= 11 is 0. The van der Waals surface area contributed by atoms with E-state index in [1.165, 1.54) is 0 Å². The van der Waals surface area contributed by atoms with Gasteiger partial charge in [0.25, 0.3) is 0 Å². The van der Waals surface area contributed by atoms with Gasteiger partial charge in [0.15, 0.2) is 5.82 Å². The fourth-order valence-electron chi connectivity index (χ4n) is 0.911. The Balaban J connectivity index is 2.81. The molecule has 1 heterocycles. The van der Waals surface area contributed by atoms with E-state index < -0.39 is 0 Å². The fourth-order valence-corrected chi connectivity index (χ4v) is 0.911. The van der Waals surface area contributed by atoms with Crippen LogP contribution in [0.1, 0.15) is 12.1 Å². The summed E-state index contributed by atoms with van der Waals surface area (Å²) in [5.74, 6) is 0.773. The molecule has 4 nitrogen and oxygen atoms in total. The van der Waals surface area contributed by atoms with Gasteiger partial charge >= 0.3 is 0 Å². The number of hydrogen-bond donors (Lipinski definition) is 0. The summed E-state index contributed by atoms with van der Waals surface area (Å²) in [4.78, 5) is 4.07. The van der Waals surface area contributed by atoms with Crippen molar-refractivity contribution < 1.29 is 9.47 Å². The molecule has 0 aliphatic heterocycles. The summed E-state index contributed by atoms with van der Waals surface area (Å²) in [6.07, 6.45) is 3.19. The zero-order valence-electron chi connectivity index (χ0n) is 6.94. The van der Waals surface area contributed by atoms with E-state index in [2.05, 4.69) is 4.98 Å². The van der Waals surface area contributed by atoms with E-state index in [0.717, 1.165) is 5.82 Å². The molecule has 0 aliphatic carbocycles. The van der Waals surface area contributed by atoms with Crippen LogP contribution >= 0.6 is 0 Å². The molecule has 11 heavy (non-hydrogen) atoms. The molecule has 4 heteroatoms. The Morgan fingerprint density at radius 3 is 2.45 bits per heavy atom. The number of aryl methyl sites for hydroxylation is 1. The maximum absolute atomic E-state index is 5.02. The summed E-state index contributed by atoms with van der Waals surface area (Å²) in [7, 11) is 5.07. The Kier molecular flexibility index (Phi) is 2.62. The van der Waals surface area contributed by atoms with Gasteiger partial charge in [-0.15, -0.1) is 0 Å². The van der Waals surface area contributed by atoms with Crippen molar-refractivity contribution in [2.45, 2.75) is 6.29 Å². The average molecular weight is 156 g/mol. The summed E-state index contributed by atoms with van der Waals surface area (Å²) in [5.41, 5.74) is 0. The predicted molar refractivity (Wildman–Crippen MR) is 40.0 cm³/mol. The first-order valence-corrected chi connectivity index (χ1v) is 3.32. The minimum Gasteiger partial charge on any atom is -0.349 e. The first-order valence-electron chi connectivity index (χ1n) is 3.32. The summed E-state index contributed by atoms with van der Waals surface area (Å²) in [5, 5.41) is 0. The van der Waals surface area contributed by atoms with Crippen LogP contribution in [0.4, 0.5) is 0 Å². The third-order valence-corrected chi connectivity index (χ3v) is 1.50. The number of methoxy groups -OCH3 is 2. The third-order valence-electron chi connectivity index (χ3n) is 1.50. The molecule has 0 saturated carbocycles. The molecule has 0 fully saturated rings. The smallest absolute Gasteiger partial charge is 0.216 e. The van der Waals surface area contributed by atoms with Crippen LogP contribution in [0.25, 0.3) is 0 Å². The fraction of sp³-hybridized carbons (Fsp3) is 0.571. The highest BCUT2D eigenvalue weighted by Crippen LogP contribution is 2.13. The van der Waals surface area contributed by atoms with Crippen LogP contribution in [-0.4, -0.2) is 23.8 Å². The molecule has 0 atom stereocenters. The van der Waals surface area contributed by atoms with E-state index in [0.29, 0.717) is 0 Å². The van der Waals surface area contributed by atoms with Crippen molar-refractivity contribution in [3.05, 3.63) is 18.2 Å². The van der Waals surface area contributed by atoms with E-state index >= 15 is 0 Å². The maximum Gasteiger partial charge on any atom is 0.216 e. The molecule has 1 rings (SSSR count). The lowest BCUT2D eigenvalue weighted by atomic mass is 10.6. The number of ether oxygens (including phenoxy) is 2. The highest BCUT2D eigenvalue weighted by atomic mass is 16.7. The minimum atomic E-state index is -0.366. The molecule has 1 aromatic rings. The summed E-state index contributed by atoms with van der Waals surface area (Å²) in [6.45, 7) is 0. The highest BCUT2D eigenvalue weighted by Gasteiger charge is 2.12. The average Bonchev–Trinajstić information content (AvgIpc) is 2.40. The topological polar surface area (TPSA) is 36.3 Å². The Bertz CT molecular complexity index is 218. The van der Waals surface area contributed by atoms with Crippen LogP contribution in [0.15, 0.2) is 12.4 Å². The molecule has 0 amide bonds. The third kappa shape index (κ3) is 1.58. The molecule has 0 aromatic carbocycles. The lowest BCUT2D eigenvalue weighted by molar-refractivity contribution is -0.112. The van der Waals surface area contributed by atoms with Crippen LogP contribution in [0.5, 0.6) is 0 Å². The standard InChI is InChI=1S/C7H12N2O2/c1-9-5-4-8-6(9)7(10-2)11-3/h4-5,7H,1-3H3. The molecule has 1 aromatic heterocycles. The van der Waals surface area contributed by atoms with Crippen LogP contribution in [0, 0.1) is 0 Å². The lowest BCUT2D eigenvalue weighted by Crippen LogP contribution is -2.09. The second kappa shape index (κ2) is 3.50. The molecule has 62 valence electrons. The molecule has 0 aliphatic rings. The normalized spacial score (nSPS) is 10.9. The van der Waals surface area contributed by atoms with Crippen molar-refractivity contribution in [1.82, 2.24) is 9.55 Å². The Hall–Kier alpha value is -0.870. The zero-order chi connectivity index (χ0) is 8.27. The van der Waals surface area contributed by atoms with Gasteiger partial charge in [0.05, 0.1) is 0 Å². The van der Waals surface area contributed by atoms with E-state index in [4.69, 9.17) is 9.47 Å². The van der Waals surface area contributed by atoms with Crippen molar-refractivity contribution in [3.8, 4) is 0 Å². The summed E-state index contributed by atoms with van der Waals surface area (Å²) in [6, 6.07) is 0. The van der Waals surface area contributed by atoms with Crippen molar-refractivity contribution in [2.24, 2.45) is 7.05 Å². The van der Waals surface area contributed by atoms with Gasteiger partial charge in [-0.2, -0.15) is 0 Å². The van der Waals surface area contributed by atoms with Gasteiger partial charge in [0.2, 0.25) is 6.29 Å². The number of hydrogen-bond acceptors (Lipinski definition) is 3. The largest absolute Gasteiger partial charge is 0.349 e. The number of nitrogens with zero attached hydrogens (tertiary/aromatic N) is 2. The summed E-state index contributed by atoms with van der Waals surface area (Å²) < 4.78 is 11.9. The molecule has 0 spiro atoms.